The summed E-state index contributed by atoms with van der Waals surface area (Å²) in [7, 11) is 1.21. The van der Waals surface area contributed by atoms with Gasteiger partial charge in [-0.1, -0.05) is 0 Å². The van der Waals surface area contributed by atoms with Crippen molar-refractivity contribution in [1.29, 1.82) is 5.26 Å². The molecule has 0 bridgehead atoms. The molecule has 6 heteroatoms. The first kappa shape index (κ1) is 10.9. The van der Waals surface area contributed by atoms with Crippen molar-refractivity contribution in [2.24, 2.45) is 0 Å². The number of ether oxygens (including phenoxy) is 1. The Morgan fingerprint density at radius 1 is 1.67 bits per heavy atom. The van der Waals surface area contributed by atoms with Gasteiger partial charge in [0.2, 0.25) is 0 Å². The third-order valence-electron chi connectivity index (χ3n) is 1.82. The lowest BCUT2D eigenvalue weighted by Crippen LogP contribution is -1.98. The molecule has 0 heterocycles. The van der Waals surface area contributed by atoms with E-state index in [0.717, 1.165) is 12.1 Å². The molecule has 1 rings (SSSR count). The normalized spacial score (nSPS) is 9.40. The number of nitriles is 1. The number of nitro benzene ring substituents is 1. The van der Waals surface area contributed by atoms with E-state index in [9.17, 15) is 14.5 Å². The topological polar surface area (TPSA) is 76.2 Å². The van der Waals surface area contributed by atoms with E-state index < -0.39 is 10.7 Å². The summed E-state index contributed by atoms with van der Waals surface area (Å²) in [5.74, 6) is -0.920. The highest BCUT2D eigenvalue weighted by Crippen LogP contribution is 2.27. The number of hydrogen-bond acceptors (Lipinski definition) is 4. The van der Waals surface area contributed by atoms with E-state index in [4.69, 9.17) is 5.26 Å². The van der Waals surface area contributed by atoms with Crippen LogP contribution in [0, 0.1) is 27.3 Å². The largest absolute Gasteiger partial charge is 0.493 e. The van der Waals surface area contributed by atoms with Crippen LogP contribution in [0.25, 0.3) is 0 Å². The van der Waals surface area contributed by atoms with Crippen LogP contribution in [0.5, 0.6) is 5.75 Å². The van der Waals surface area contributed by atoms with E-state index in [1.807, 2.05) is 0 Å². The van der Waals surface area contributed by atoms with Gasteiger partial charge in [-0.15, -0.1) is 0 Å². The molecule has 1 aromatic rings. The molecule has 0 aromatic heterocycles. The van der Waals surface area contributed by atoms with Crippen LogP contribution in [0.3, 0.4) is 0 Å². The second-order valence-electron chi connectivity index (χ2n) is 2.71. The molecular weight excluding hydrogens is 203 g/mol. The van der Waals surface area contributed by atoms with Gasteiger partial charge in [0, 0.05) is 5.56 Å². The monoisotopic (exact) mass is 210 g/mol. The molecule has 0 spiro atoms. The Labute approximate surface area is 84.9 Å². The van der Waals surface area contributed by atoms with Crippen molar-refractivity contribution in [1.82, 2.24) is 0 Å². The molecule has 78 valence electrons. The van der Waals surface area contributed by atoms with Crippen molar-refractivity contribution in [2.75, 3.05) is 7.11 Å². The SMILES string of the molecule is COc1cc([N+](=O)[O-])c(CC#N)cc1F. The zero-order valence-corrected chi connectivity index (χ0v) is 7.86. The lowest BCUT2D eigenvalue weighted by atomic mass is 10.1. The van der Waals surface area contributed by atoms with Gasteiger partial charge >= 0.3 is 0 Å². The van der Waals surface area contributed by atoms with Crippen LogP contribution < -0.4 is 4.74 Å². The highest BCUT2D eigenvalue weighted by Gasteiger charge is 2.18. The molecule has 0 N–H and O–H groups in total. The number of methoxy groups -OCH3 is 1. The van der Waals surface area contributed by atoms with E-state index in [2.05, 4.69) is 4.74 Å². The maximum Gasteiger partial charge on any atom is 0.277 e. The van der Waals surface area contributed by atoms with E-state index >= 15 is 0 Å². The molecule has 0 atom stereocenters. The van der Waals surface area contributed by atoms with Crippen LogP contribution in [0.4, 0.5) is 10.1 Å². The minimum absolute atomic E-state index is 0.0424. The lowest BCUT2D eigenvalue weighted by Gasteiger charge is -2.04. The van der Waals surface area contributed by atoms with Crippen LogP contribution in [-0.4, -0.2) is 12.0 Å². The fourth-order valence-electron chi connectivity index (χ4n) is 1.14. The number of benzene rings is 1. The lowest BCUT2D eigenvalue weighted by molar-refractivity contribution is -0.385. The molecule has 1 aromatic carbocycles. The summed E-state index contributed by atoms with van der Waals surface area (Å²) in [6, 6.07) is 3.65. The maximum absolute atomic E-state index is 13.2. The van der Waals surface area contributed by atoms with Crippen LogP contribution in [0.15, 0.2) is 12.1 Å². The predicted molar refractivity (Wildman–Crippen MR) is 48.9 cm³/mol. The summed E-state index contributed by atoms with van der Waals surface area (Å²) < 4.78 is 17.8. The highest BCUT2D eigenvalue weighted by molar-refractivity contribution is 5.47. The average molecular weight is 210 g/mol. The molecule has 0 radical (unpaired) electrons. The summed E-state index contributed by atoms with van der Waals surface area (Å²) in [5, 5.41) is 19.0. The van der Waals surface area contributed by atoms with Crippen LogP contribution in [0.2, 0.25) is 0 Å². The van der Waals surface area contributed by atoms with Crippen molar-refractivity contribution in [3.05, 3.63) is 33.6 Å². The van der Waals surface area contributed by atoms with Gasteiger partial charge in [0.1, 0.15) is 0 Å². The standard InChI is InChI=1S/C9H7FN2O3/c1-15-9-5-8(12(13)14)6(2-3-11)4-7(9)10/h4-5H,2H2,1H3. The third kappa shape index (κ3) is 2.20. The summed E-state index contributed by atoms with van der Waals surface area (Å²) in [6.45, 7) is 0. The second-order valence-corrected chi connectivity index (χ2v) is 2.71. The summed E-state index contributed by atoms with van der Waals surface area (Å²) in [6.07, 6.45) is -0.211. The molecular formula is C9H7FN2O3. The summed E-state index contributed by atoms with van der Waals surface area (Å²) in [4.78, 5) is 9.92. The molecule has 0 fully saturated rings. The van der Waals surface area contributed by atoms with E-state index in [1.54, 1.807) is 6.07 Å². The second kappa shape index (κ2) is 4.37. The van der Waals surface area contributed by atoms with E-state index in [1.165, 1.54) is 7.11 Å². The highest BCUT2D eigenvalue weighted by atomic mass is 19.1. The number of rotatable bonds is 3. The Kier molecular flexibility index (Phi) is 3.18. The first-order valence-electron chi connectivity index (χ1n) is 3.98. The molecule has 5 nitrogen and oxygen atoms in total. The molecule has 15 heavy (non-hydrogen) atoms. The first-order chi connectivity index (χ1) is 7.10. The van der Waals surface area contributed by atoms with Crippen molar-refractivity contribution in [3.8, 4) is 11.8 Å². The smallest absolute Gasteiger partial charge is 0.277 e. The Balaban J connectivity index is 3.33. The van der Waals surface area contributed by atoms with Gasteiger partial charge in [-0.05, 0) is 6.07 Å². The molecule has 0 aliphatic heterocycles. The van der Waals surface area contributed by atoms with Crippen LogP contribution >= 0.6 is 0 Å². The van der Waals surface area contributed by atoms with Gasteiger partial charge in [0.05, 0.1) is 30.6 Å². The molecule has 0 unspecified atom stereocenters. The molecule has 0 saturated heterocycles. The number of nitrogens with zero attached hydrogens (tertiary/aromatic N) is 2. The van der Waals surface area contributed by atoms with Crippen molar-refractivity contribution in [3.63, 3.8) is 0 Å². The van der Waals surface area contributed by atoms with Gasteiger partial charge in [-0.2, -0.15) is 5.26 Å². The van der Waals surface area contributed by atoms with Crippen LogP contribution in [0.1, 0.15) is 5.56 Å². The average Bonchev–Trinajstić information content (AvgIpc) is 2.18. The minimum Gasteiger partial charge on any atom is -0.493 e. The van der Waals surface area contributed by atoms with Gasteiger partial charge in [-0.3, -0.25) is 10.1 Å². The number of halogens is 1. The Hall–Kier alpha value is -2.16. The zero-order valence-electron chi connectivity index (χ0n) is 7.86. The molecule has 0 aliphatic rings. The molecule has 0 aliphatic carbocycles. The first-order valence-corrected chi connectivity index (χ1v) is 3.98. The molecule has 0 saturated carbocycles. The quantitative estimate of drug-likeness (QED) is 0.563. The predicted octanol–water partition coefficient (Wildman–Crippen LogP) is 1.81. The van der Waals surface area contributed by atoms with Gasteiger partial charge in [0.25, 0.3) is 5.69 Å². The Bertz CT molecular complexity index is 440. The van der Waals surface area contributed by atoms with Crippen LogP contribution in [-0.2, 0) is 6.42 Å². The summed E-state index contributed by atoms with van der Waals surface area (Å²) >= 11 is 0. The number of hydrogen-bond donors (Lipinski definition) is 0. The Morgan fingerprint density at radius 3 is 2.80 bits per heavy atom. The summed E-state index contributed by atoms with van der Waals surface area (Å²) in [5.41, 5.74) is -0.268. The van der Waals surface area contributed by atoms with E-state index in [-0.39, 0.29) is 23.4 Å². The fraction of sp³-hybridized carbons (Fsp3) is 0.222. The van der Waals surface area contributed by atoms with Gasteiger partial charge in [0.15, 0.2) is 11.6 Å². The van der Waals surface area contributed by atoms with Crippen molar-refractivity contribution >= 4 is 5.69 Å². The molecule has 0 amide bonds. The zero-order chi connectivity index (χ0) is 11.4. The fourth-order valence-corrected chi connectivity index (χ4v) is 1.14. The van der Waals surface area contributed by atoms with Crippen molar-refractivity contribution < 1.29 is 14.1 Å². The third-order valence-corrected chi connectivity index (χ3v) is 1.82. The van der Waals surface area contributed by atoms with Gasteiger partial charge < -0.3 is 4.74 Å². The Morgan fingerprint density at radius 2 is 2.33 bits per heavy atom. The van der Waals surface area contributed by atoms with Gasteiger partial charge in [-0.25, -0.2) is 4.39 Å². The van der Waals surface area contributed by atoms with E-state index in [0.29, 0.717) is 0 Å². The van der Waals surface area contributed by atoms with Crippen molar-refractivity contribution in [2.45, 2.75) is 6.42 Å². The maximum atomic E-state index is 13.2. The minimum atomic E-state index is -0.714. The number of nitro groups is 1.